The van der Waals surface area contributed by atoms with Crippen molar-refractivity contribution in [1.82, 2.24) is 4.72 Å². The van der Waals surface area contributed by atoms with Gasteiger partial charge in [0.2, 0.25) is 10.0 Å². The molecule has 0 heterocycles. The molecule has 0 amide bonds. The molecule has 0 saturated carbocycles. The maximum Gasteiger partial charge on any atom is 0.243 e. The van der Waals surface area contributed by atoms with Crippen LogP contribution in [-0.2, 0) is 10.0 Å². The molecular formula is C9H9BrFNO2S. The summed E-state index contributed by atoms with van der Waals surface area (Å²) in [6.45, 7) is 3.43. The Morgan fingerprint density at radius 1 is 1.53 bits per heavy atom. The number of nitrogens with one attached hydrogen (secondary N) is 1. The monoisotopic (exact) mass is 293 g/mol. The lowest BCUT2D eigenvalue weighted by Crippen LogP contribution is -2.24. The third-order valence-electron chi connectivity index (χ3n) is 1.60. The van der Waals surface area contributed by atoms with E-state index in [0.29, 0.717) is 4.47 Å². The highest BCUT2D eigenvalue weighted by Gasteiger charge is 2.17. The summed E-state index contributed by atoms with van der Waals surface area (Å²) in [7, 11) is -3.79. The molecule has 3 nitrogen and oxygen atoms in total. The van der Waals surface area contributed by atoms with Crippen LogP contribution < -0.4 is 4.72 Å². The molecule has 0 radical (unpaired) electrons. The number of hydrogen-bond donors (Lipinski definition) is 1. The Balaban J connectivity index is 3.10. The van der Waals surface area contributed by atoms with Gasteiger partial charge in [0, 0.05) is 11.0 Å². The van der Waals surface area contributed by atoms with E-state index in [1.165, 1.54) is 18.2 Å². The lowest BCUT2D eigenvalue weighted by Gasteiger charge is -2.05. The summed E-state index contributed by atoms with van der Waals surface area (Å²) >= 11 is 3.04. The van der Waals surface area contributed by atoms with Crippen LogP contribution in [0.4, 0.5) is 4.39 Å². The average Bonchev–Trinajstić information content (AvgIpc) is 2.14. The Bertz CT molecular complexity index is 473. The van der Waals surface area contributed by atoms with Crippen LogP contribution in [-0.4, -0.2) is 15.0 Å². The standard InChI is InChI=1S/C9H9BrFNO2S/c1-2-5-12-15(13,14)9-4-3-7(10)6-8(9)11/h2-4,6,12H,1,5H2. The van der Waals surface area contributed by atoms with E-state index in [9.17, 15) is 12.8 Å². The molecule has 0 aliphatic carbocycles. The van der Waals surface area contributed by atoms with Gasteiger partial charge in [0.25, 0.3) is 0 Å². The van der Waals surface area contributed by atoms with Gasteiger partial charge in [-0.2, -0.15) is 0 Å². The van der Waals surface area contributed by atoms with Crippen molar-refractivity contribution in [2.45, 2.75) is 4.90 Å². The third-order valence-corrected chi connectivity index (χ3v) is 3.55. The molecule has 0 saturated heterocycles. The highest BCUT2D eigenvalue weighted by molar-refractivity contribution is 9.10. The van der Waals surface area contributed by atoms with Gasteiger partial charge in [-0.05, 0) is 18.2 Å². The predicted octanol–water partition coefficient (Wildman–Crippen LogP) is 2.05. The summed E-state index contributed by atoms with van der Waals surface area (Å²) < 4.78 is 39.0. The maximum absolute atomic E-state index is 13.3. The molecule has 1 rings (SSSR count). The van der Waals surface area contributed by atoms with Crippen LogP contribution in [0.25, 0.3) is 0 Å². The van der Waals surface area contributed by atoms with Crippen molar-refractivity contribution in [2.24, 2.45) is 0 Å². The van der Waals surface area contributed by atoms with Gasteiger partial charge in [0.1, 0.15) is 10.7 Å². The minimum absolute atomic E-state index is 0.0673. The Kier molecular flexibility index (Phi) is 4.01. The minimum Gasteiger partial charge on any atom is -0.207 e. The molecule has 6 heteroatoms. The van der Waals surface area contributed by atoms with Gasteiger partial charge in [0.15, 0.2) is 0 Å². The van der Waals surface area contributed by atoms with Crippen molar-refractivity contribution >= 4 is 26.0 Å². The second kappa shape index (κ2) is 4.87. The first-order chi connectivity index (χ1) is 6.97. The first kappa shape index (κ1) is 12.4. The average molecular weight is 294 g/mol. The minimum atomic E-state index is -3.79. The summed E-state index contributed by atoms with van der Waals surface area (Å²) in [4.78, 5) is -0.368. The van der Waals surface area contributed by atoms with Crippen LogP contribution in [0.2, 0.25) is 0 Å². The topological polar surface area (TPSA) is 46.2 Å². The summed E-state index contributed by atoms with van der Waals surface area (Å²) in [5.74, 6) is -0.791. The van der Waals surface area contributed by atoms with Gasteiger partial charge in [-0.3, -0.25) is 0 Å². The fourth-order valence-electron chi connectivity index (χ4n) is 0.940. The normalized spacial score (nSPS) is 11.3. The van der Waals surface area contributed by atoms with E-state index in [0.717, 1.165) is 6.07 Å². The van der Waals surface area contributed by atoms with Crippen LogP contribution >= 0.6 is 15.9 Å². The summed E-state index contributed by atoms with van der Waals surface area (Å²) in [5, 5.41) is 0. The second-order valence-electron chi connectivity index (χ2n) is 2.72. The molecule has 0 aliphatic heterocycles. The number of sulfonamides is 1. The Morgan fingerprint density at radius 2 is 2.20 bits per heavy atom. The lowest BCUT2D eigenvalue weighted by atomic mass is 10.3. The van der Waals surface area contributed by atoms with Gasteiger partial charge in [-0.15, -0.1) is 6.58 Å². The summed E-state index contributed by atoms with van der Waals surface area (Å²) in [6.07, 6.45) is 1.38. The van der Waals surface area contributed by atoms with E-state index in [1.54, 1.807) is 0 Å². The van der Waals surface area contributed by atoms with E-state index in [-0.39, 0.29) is 11.4 Å². The summed E-state index contributed by atoms with van der Waals surface area (Å²) in [5.41, 5.74) is 0. The maximum atomic E-state index is 13.3. The first-order valence-corrected chi connectivity index (χ1v) is 6.30. The zero-order chi connectivity index (χ0) is 11.5. The molecule has 1 N–H and O–H groups in total. The molecule has 15 heavy (non-hydrogen) atoms. The van der Waals surface area contributed by atoms with Crippen molar-refractivity contribution < 1.29 is 12.8 Å². The molecule has 0 aliphatic rings. The zero-order valence-corrected chi connectivity index (χ0v) is 10.1. The second-order valence-corrected chi connectivity index (χ2v) is 5.37. The van der Waals surface area contributed by atoms with Gasteiger partial charge < -0.3 is 0 Å². The summed E-state index contributed by atoms with van der Waals surface area (Å²) in [6, 6.07) is 3.76. The number of benzene rings is 1. The SMILES string of the molecule is C=CCNS(=O)(=O)c1ccc(Br)cc1F. The number of halogens is 2. The van der Waals surface area contributed by atoms with Gasteiger partial charge in [0.05, 0.1) is 0 Å². The number of hydrogen-bond acceptors (Lipinski definition) is 2. The van der Waals surface area contributed by atoms with Crippen LogP contribution in [0.1, 0.15) is 0 Å². The molecule has 1 aromatic rings. The van der Waals surface area contributed by atoms with Crippen LogP contribution in [0, 0.1) is 5.82 Å². The first-order valence-electron chi connectivity index (χ1n) is 4.03. The van der Waals surface area contributed by atoms with Crippen molar-refractivity contribution in [2.75, 3.05) is 6.54 Å². The molecule has 0 unspecified atom stereocenters. The molecule has 0 atom stereocenters. The van der Waals surface area contributed by atoms with Crippen LogP contribution in [0.3, 0.4) is 0 Å². The smallest absolute Gasteiger partial charge is 0.207 e. The highest BCUT2D eigenvalue weighted by Crippen LogP contribution is 2.18. The van der Waals surface area contributed by atoms with E-state index < -0.39 is 15.8 Å². The Labute approximate surface area is 96.2 Å². The zero-order valence-electron chi connectivity index (χ0n) is 7.70. The molecule has 0 aromatic heterocycles. The van der Waals surface area contributed by atoms with Crippen molar-refractivity contribution in [3.05, 3.63) is 41.1 Å². The van der Waals surface area contributed by atoms with Gasteiger partial charge >= 0.3 is 0 Å². The number of rotatable bonds is 4. The van der Waals surface area contributed by atoms with E-state index >= 15 is 0 Å². The fraction of sp³-hybridized carbons (Fsp3) is 0.111. The fourth-order valence-corrected chi connectivity index (χ4v) is 2.33. The molecule has 0 spiro atoms. The molecular weight excluding hydrogens is 285 g/mol. The predicted molar refractivity (Wildman–Crippen MR) is 59.5 cm³/mol. The third kappa shape index (κ3) is 3.12. The Hall–Kier alpha value is -0.720. The van der Waals surface area contributed by atoms with Crippen molar-refractivity contribution in [3.63, 3.8) is 0 Å². The van der Waals surface area contributed by atoms with Crippen molar-refractivity contribution in [1.29, 1.82) is 0 Å². The molecule has 0 fully saturated rings. The van der Waals surface area contributed by atoms with Gasteiger partial charge in [-0.1, -0.05) is 22.0 Å². The van der Waals surface area contributed by atoms with Crippen LogP contribution in [0.5, 0.6) is 0 Å². The van der Waals surface area contributed by atoms with Crippen LogP contribution in [0.15, 0.2) is 40.2 Å². The Morgan fingerprint density at radius 3 is 2.73 bits per heavy atom. The van der Waals surface area contributed by atoms with Gasteiger partial charge in [-0.25, -0.2) is 17.5 Å². The quantitative estimate of drug-likeness (QED) is 0.864. The molecule has 82 valence electrons. The van der Waals surface area contributed by atoms with E-state index in [1.807, 2.05) is 0 Å². The van der Waals surface area contributed by atoms with E-state index in [2.05, 4.69) is 27.2 Å². The lowest BCUT2D eigenvalue weighted by molar-refractivity contribution is 0.559. The highest BCUT2D eigenvalue weighted by atomic mass is 79.9. The van der Waals surface area contributed by atoms with E-state index in [4.69, 9.17) is 0 Å². The molecule has 0 bridgehead atoms. The molecule has 1 aromatic carbocycles. The van der Waals surface area contributed by atoms with Crippen molar-refractivity contribution in [3.8, 4) is 0 Å². The largest absolute Gasteiger partial charge is 0.243 e.